The Bertz CT molecular complexity index is 1080. The van der Waals surface area contributed by atoms with Crippen LogP contribution in [0.5, 0.6) is 5.75 Å². The number of non-ortho nitro benzene ring substituents is 1. The number of piperazine rings is 1. The summed E-state index contributed by atoms with van der Waals surface area (Å²) in [6, 6.07) is 10.1. The summed E-state index contributed by atoms with van der Waals surface area (Å²) in [5.74, 6) is -0.292. The molecule has 1 aliphatic rings. The monoisotopic (exact) mass is 433 g/mol. The third-order valence-electron chi connectivity index (χ3n) is 4.64. The fourth-order valence-corrected chi connectivity index (χ4v) is 3.96. The van der Waals surface area contributed by atoms with Gasteiger partial charge < -0.3 is 14.0 Å². The first-order valence-corrected chi connectivity index (χ1v) is 10.4. The Morgan fingerprint density at radius 1 is 1.00 bits per heavy atom. The van der Waals surface area contributed by atoms with Crippen LogP contribution in [0.25, 0.3) is 0 Å². The SMILES string of the molecule is CC(=O)N1CCN(C(=O)c2ccc(OS(=O)(=O)c3cccc([N+](=O)[O-])c3)cc2)CC1. The molecule has 1 aliphatic heterocycles. The summed E-state index contributed by atoms with van der Waals surface area (Å²) in [6.45, 7) is 3.24. The van der Waals surface area contributed by atoms with Crippen LogP contribution in [-0.4, -0.2) is 61.1 Å². The number of hydrogen-bond acceptors (Lipinski definition) is 7. The van der Waals surface area contributed by atoms with Crippen LogP contribution >= 0.6 is 0 Å². The molecule has 1 saturated heterocycles. The smallest absolute Gasteiger partial charge is 0.339 e. The van der Waals surface area contributed by atoms with Crippen LogP contribution in [0.15, 0.2) is 53.4 Å². The molecule has 2 aromatic rings. The van der Waals surface area contributed by atoms with E-state index >= 15 is 0 Å². The molecule has 30 heavy (non-hydrogen) atoms. The van der Waals surface area contributed by atoms with Gasteiger partial charge >= 0.3 is 10.1 Å². The lowest BCUT2D eigenvalue weighted by molar-refractivity contribution is -0.385. The van der Waals surface area contributed by atoms with E-state index < -0.39 is 15.0 Å². The molecule has 11 heteroatoms. The average molecular weight is 433 g/mol. The molecule has 1 fully saturated rings. The van der Waals surface area contributed by atoms with Crippen LogP contribution in [0.3, 0.4) is 0 Å². The number of hydrogen-bond donors (Lipinski definition) is 0. The van der Waals surface area contributed by atoms with E-state index in [0.717, 1.165) is 6.07 Å². The van der Waals surface area contributed by atoms with Gasteiger partial charge in [-0.3, -0.25) is 19.7 Å². The number of rotatable bonds is 5. The summed E-state index contributed by atoms with van der Waals surface area (Å²) in [5.41, 5.74) is -0.0168. The molecule has 0 aromatic heterocycles. The van der Waals surface area contributed by atoms with Crippen LogP contribution in [0.2, 0.25) is 0 Å². The molecule has 3 rings (SSSR count). The van der Waals surface area contributed by atoms with Gasteiger partial charge in [-0.2, -0.15) is 8.42 Å². The highest BCUT2D eigenvalue weighted by atomic mass is 32.2. The minimum Gasteiger partial charge on any atom is -0.379 e. The van der Waals surface area contributed by atoms with E-state index in [2.05, 4.69) is 0 Å². The van der Waals surface area contributed by atoms with E-state index in [1.165, 1.54) is 49.4 Å². The van der Waals surface area contributed by atoms with Gasteiger partial charge in [0.25, 0.3) is 11.6 Å². The fourth-order valence-electron chi connectivity index (χ4n) is 2.99. The maximum absolute atomic E-state index is 12.6. The Kier molecular flexibility index (Phi) is 6.01. The molecule has 2 amide bonds. The van der Waals surface area contributed by atoms with E-state index in [1.807, 2.05) is 0 Å². The van der Waals surface area contributed by atoms with Crippen LogP contribution in [0.1, 0.15) is 17.3 Å². The lowest BCUT2D eigenvalue weighted by Gasteiger charge is -2.34. The Morgan fingerprint density at radius 3 is 2.17 bits per heavy atom. The second-order valence-electron chi connectivity index (χ2n) is 6.61. The van der Waals surface area contributed by atoms with Gasteiger partial charge in [0.1, 0.15) is 10.6 Å². The zero-order chi connectivity index (χ0) is 21.9. The number of nitrogens with zero attached hydrogens (tertiary/aromatic N) is 3. The number of amides is 2. The summed E-state index contributed by atoms with van der Waals surface area (Å²) in [6.07, 6.45) is 0. The quantitative estimate of drug-likeness (QED) is 0.399. The van der Waals surface area contributed by atoms with Gasteiger partial charge in [0, 0.05) is 50.8 Å². The first-order chi connectivity index (χ1) is 14.2. The normalized spacial score (nSPS) is 14.3. The number of benzene rings is 2. The Morgan fingerprint density at radius 2 is 1.60 bits per heavy atom. The van der Waals surface area contributed by atoms with Crippen molar-refractivity contribution in [3.05, 3.63) is 64.2 Å². The Balaban J connectivity index is 1.68. The van der Waals surface area contributed by atoms with Crippen molar-refractivity contribution in [3.8, 4) is 5.75 Å². The molecule has 2 aromatic carbocycles. The summed E-state index contributed by atoms with van der Waals surface area (Å²) >= 11 is 0. The maximum atomic E-state index is 12.6. The van der Waals surface area contributed by atoms with Crippen molar-refractivity contribution in [1.82, 2.24) is 9.80 Å². The molecular formula is C19H19N3O7S. The first-order valence-electron chi connectivity index (χ1n) is 9.01. The highest BCUT2D eigenvalue weighted by Gasteiger charge is 2.24. The van der Waals surface area contributed by atoms with Crippen molar-refractivity contribution in [1.29, 1.82) is 0 Å². The summed E-state index contributed by atoms with van der Waals surface area (Å²) < 4.78 is 29.8. The molecule has 158 valence electrons. The third-order valence-corrected chi connectivity index (χ3v) is 5.88. The van der Waals surface area contributed by atoms with Crippen LogP contribution in [0, 0.1) is 10.1 Å². The molecule has 0 saturated carbocycles. The molecule has 1 heterocycles. The zero-order valence-electron chi connectivity index (χ0n) is 16.1. The Hall–Kier alpha value is -3.47. The van der Waals surface area contributed by atoms with E-state index in [-0.39, 0.29) is 28.1 Å². The van der Waals surface area contributed by atoms with E-state index in [4.69, 9.17) is 4.18 Å². The predicted octanol–water partition coefficient (Wildman–Crippen LogP) is 1.67. The molecule has 0 bridgehead atoms. The Labute approximate surface area is 172 Å². The van der Waals surface area contributed by atoms with Crippen molar-refractivity contribution in [2.75, 3.05) is 26.2 Å². The molecule has 0 spiro atoms. The van der Waals surface area contributed by atoms with Crippen LogP contribution < -0.4 is 4.18 Å². The summed E-state index contributed by atoms with van der Waals surface area (Å²) in [5, 5.41) is 10.8. The molecule has 0 N–H and O–H groups in total. The van der Waals surface area contributed by atoms with Crippen molar-refractivity contribution in [2.24, 2.45) is 0 Å². The number of nitro groups is 1. The van der Waals surface area contributed by atoms with Gasteiger partial charge in [0.05, 0.1) is 4.92 Å². The fraction of sp³-hybridized carbons (Fsp3) is 0.263. The predicted molar refractivity (Wildman–Crippen MR) is 106 cm³/mol. The molecule has 0 radical (unpaired) electrons. The van der Waals surface area contributed by atoms with Gasteiger partial charge in [-0.25, -0.2) is 0 Å². The number of carbonyl (C=O) groups is 2. The first kappa shape index (κ1) is 21.2. The zero-order valence-corrected chi connectivity index (χ0v) is 16.9. The highest BCUT2D eigenvalue weighted by molar-refractivity contribution is 7.87. The minimum atomic E-state index is -4.27. The lowest BCUT2D eigenvalue weighted by atomic mass is 10.1. The number of nitro benzene ring substituents is 1. The second-order valence-corrected chi connectivity index (χ2v) is 8.16. The van der Waals surface area contributed by atoms with E-state index in [9.17, 15) is 28.1 Å². The van der Waals surface area contributed by atoms with E-state index in [1.54, 1.807) is 9.80 Å². The number of carbonyl (C=O) groups excluding carboxylic acids is 2. The second kappa shape index (κ2) is 8.49. The average Bonchev–Trinajstić information content (AvgIpc) is 2.73. The summed E-state index contributed by atoms with van der Waals surface area (Å²) in [4.78, 5) is 37.0. The highest BCUT2D eigenvalue weighted by Crippen LogP contribution is 2.23. The van der Waals surface area contributed by atoms with Crippen molar-refractivity contribution in [3.63, 3.8) is 0 Å². The molecule has 10 nitrogen and oxygen atoms in total. The maximum Gasteiger partial charge on any atom is 0.339 e. The van der Waals surface area contributed by atoms with Crippen LogP contribution in [-0.2, 0) is 14.9 Å². The molecule has 0 atom stereocenters. The standard InChI is InChI=1S/C19H19N3O7S/c1-14(23)20-9-11-21(12-10-20)19(24)15-5-7-17(8-6-15)29-30(27,28)18-4-2-3-16(13-18)22(25)26/h2-8,13H,9-12H2,1H3. The molecular weight excluding hydrogens is 414 g/mol. The van der Waals surface area contributed by atoms with Crippen LogP contribution in [0.4, 0.5) is 5.69 Å². The van der Waals surface area contributed by atoms with Gasteiger partial charge in [-0.1, -0.05) is 6.07 Å². The van der Waals surface area contributed by atoms with Gasteiger partial charge in [-0.05, 0) is 30.3 Å². The third kappa shape index (κ3) is 4.74. The lowest BCUT2D eigenvalue weighted by Crippen LogP contribution is -2.50. The summed E-state index contributed by atoms with van der Waals surface area (Å²) in [7, 11) is -4.27. The van der Waals surface area contributed by atoms with Gasteiger partial charge in [-0.15, -0.1) is 0 Å². The van der Waals surface area contributed by atoms with Gasteiger partial charge in [0.15, 0.2) is 0 Å². The van der Waals surface area contributed by atoms with Gasteiger partial charge in [0.2, 0.25) is 5.91 Å². The van der Waals surface area contributed by atoms with Crippen molar-refractivity contribution in [2.45, 2.75) is 11.8 Å². The molecule has 0 unspecified atom stereocenters. The van der Waals surface area contributed by atoms with Crippen molar-refractivity contribution >= 4 is 27.6 Å². The van der Waals surface area contributed by atoms with E-state index in [0.29, 0.717) is 31.7 Å². The molecule has 0 aliphatic carbocycles. The minimum absolute atomic E-state index is 0.0283. The topological polar surface area (TPSA) is 127 Å². The van der Waals surface area contributed by atoms with Crippen molar-refractivity contribution < 1.29 is 27.1 Å². The largest absolute Gasteiger partial charge is 0.379 e.